The van der Waals surface area contributed by atoms with Gasteiger partial charge < -0.3 is 15.4 Å². The first-order valence-corrected chi connectivity index (χ1v) is 12.0. The summed E-state index contributed by atoms with van der Waals surface area (Å²) in [5, 5.41) is 5.29. The zero-order valence-corrected chi connectivity index (χ0v) is 19.2. The topological polar surface area (TPSA) is 109 Å². The molecule has 2 fully saturated rings. The molecule has 3 unspecified atom stereocenters. The molecular weight excluding hydrogens is 432 g/mol. The van der Waals surface area contributed by atoms with Gasteiger partial charge in [0.2, 0.25) is 11.8 Å². The van der Waals surface area contributed by atoms with Crippen LogP contribution in [0.2, 0.25) is 0 Å². The highest BCUT2D eigenvalue weighted by atomic mass is 16.5. The molecule has 0 aromatic heterocycles. The molecule has 1 aliphatic carbocycles. The molecule has 180 valence electrons. The third-order valence-corrected chi connectivity index (χ3v) is 6.61. The minimum atomic E-state index is -0.638. The van der Waals surface area contributed by atoms with Gasteiger partial charge in [0.05, 0.1) is 0 Å². The second kappa shape index (κ2) is 11.7. The van der Waals surface area contributed by atoms with Crippen molar-refractivity contribution in [3.63, 3.8) is 0 Å². The molecule has 1 heterocycles. The molecule has 3 atom stereocenters. The van der Waals surface area contributed by atoms with Crippen LogP contribution in [0.4, 0.5) is 10.5 Å². The number of carbonyl (C=O) groups is 3. The van der Waals surface area contributed by atoms with Crippen LogP contribution >= 0.6 is 0 Å². The van der Waals surface area contributed by atoms with E-state index in [0.29, 0.717) is 11.6 Å². The molecular formula is C26H32N4O4. The van der Waals surface area contributed by atoms with Gasteiger partial charge in [0.25, 0.3) is 0 Å². The lowest BCUT2D eigenvalue weighted by atomic mass is 9.72. The number of aryl methyl sites for hydroxylation is 1. The van der Waals surface area contributed by atoms with E-state index in [4.69, 9.17) is 4.74 Å². The lowest BCUT2D eigenvalue weighted by Crippen LogP contribution is -2.59. The molecule has 8 heteroatoms. The smallest absolute Gasteiger partial charge is 0.407 e. The van der Waals surface area contributed by atoms with Crippen molar-refractivity contribution in [3.8, 4) is 0 Å². The molecule has 4 N–H and O–H groups in total. The van der Waals surface area contributed by atoms with Crippen molar-refractivity contribution in [3.05, 3.63) is 65.7 Å². The Bertz CT molecular complexity index is 997. The van der Waals surface area contributed by atoms with E-state index >= 15 is 0 Å². The predicted octanol–water partition coefficient (Wildman–Crippen LogP) is 3.29. The summed E-state index contributed by atoms with van der Waals surface area (Å²) in [5.41, 5.74) is 8.74. The van der Waals surface area contributed by atoms with Gasteiger partial charge in [-0.3, -0.25) is 15.0 Å². The van der Waals surface area contributed by atoms with E-state index in [-0.39, 0.29) is 36.9 Å². The fourth-order valence-electron chi connectivity index (χ4n) is 4.88. The number of ether oxygens (including phenoxy) is 1. The van der Waals surface area contributed by atoms with E-state index in [1.165, 1.54) is 6.42 Å². The Kier molecular flexibility index (Phi) is 8.14. The van der Waals surface area contributed by atoms with Crippen molar-refractivity contribution in [2.75, 3.05) is 11.9 Å². The molecule has 2 aromatic carbocycles. The van der Waals surface area contributed by atoms with Crippen LogP contribution in [0.1, 0.15) is 43.2 Å². The lowest BCUT2D eigenvalue weighted by molar-refractivity contribution is -0.133. The fourth-order valence-corrected chi connectivity index (χ4v) is 4.88. The van der Waals surface area contributed by atoms with E-state index in [0.717, 1.165) is 43.2 Å². The van der Waals surface area contributed by atoms with Crippen LogP contribution in [0.3, 0.4) is 0 Å². The van der Waals surface area contributed by atoms with Crippen molar-refractivity contribution >= 4 is 23.6 Å². The van der Waals surface area contributed by atoms with E-state index in [9.17, 15) is 14.4 Å². The van der Waals surface area contributed by atoms with Crippen LogP contribution in [-0.2, 0) is 27.4 Å². The van der Waals surface area contributed by atoms with Crippen LogP contribution in [0.15, 0.2) is 54.6 Å². The molecule has 3 amide bonds. The predicted molar refractivity (Wildman–Crippen MR) is 129 cm³/mol. The Hall–Kier alpha value is -3.39. The fraction of sp³-hybridized carbons (Fsp3) is 0.423. The van der Waals surface area contributed by atoms with Gasteiger partial charge in [-0.25, -0.2) is 10.2 Å². The Morgan fingerprint density at radius 2 is 1.79 bits per heavy atom. The number of rotatable bonds is 8. The molecule has 0 spiro atoms. The molecule has 1 saturated carbocycles. The summed E-state index contributed by atoms with van der Waals surface area (Å²) in [6, 6.07) is 17.3. The molecule has 2 aromatic rings. The van der Waals surface area contributed by atoms with Gasteiger partial charge in [-0.15, -0.1) is 0 Å². The number of hydrogen-bond donors (Lipinski definition) is 4. The third kappa shape index (κ3) is 6.57. The molecule has 2 aliphatic rings. The number of hydrogen-bond acceptors (Lipinski definition) is 5. The Balaban J connectivity index is 1.21. The van der Waals surface area contributed by atoms with Crippen LogP contribution in [0, 0.1) is 11.8 Å². The van der Waals surface area contributed by atoms with Crippen molar-refractivity contribution in [1.29, 1.82) is 0 Å². The van der Waals surface area contributed by atoms with E-state index in [2.05, 4.69) is 21.5 Å². The van der Waals surface area contributed by atoms with Crippen molar-refractivity contribution in [2.45, 2.75) is 51.2 Å². The summed E-state index contributed by atoms with van der Waals surface area (Å²) in [4.78, 5) is 36.2. The molecule has 34 heavy (non-hydrogen) atoms. The zero-order chi connectivity index (χ0) is 23.8. The summed E-state index contributed by atoms with van der Waals surface area (Å²) >= 11 is 0. The Morgan fingerprint density at radius 1 is 1.00 bits per heavy atom. The maximum absolute atomic E-state index is 12.3. The summed E-state index contributed by atoms with van der Waals surface area (Å²) in [7, 11) is 0. The third-order valence-electron chi connectivity index (χ3n) is 6.61. The van der Waals surface area contributed by atoms with Gasteiger partial charge in [0.1, 0.15) is 13.2 Å². The molecule has 1 aliphatic heterocycles. The highest BCUT2D eigenvalue weighted by molar-refractivity contribution is 5.93. The average Bonchev–Trinajstić information content (AvgIpc) is 2.87. The van der Waals surface area contributed by atoms with Gasteiger partial charge in [-0.1, -0.05) is 55.3 Å². The largest absolute Gasteiger partial charge is 0.445 e. The van der Waals surface area contributed by atoms with Crippen LogP contribution in [0.25, 0.3) is 0 Å². The normalized spacial score (nSPS) is 21.6. The van der Waals surface area contributed by atoms with E-state index in [1.807, 2.05) is 54.6 Å². The maximum atomic E-state index is 12.3. The number of benzene rings is 2. The quantitative estimate of drug-likeness (QED) is 0.479. The summed E-state index contributed by atoms with van der Waals surface area (Å²) < 4.78 is 5.12. The first-order chi connectivity index (χ1) is 16.6. The van der Waals surface area contributed by atoms with Gasteiger partial charge in [-0.05, 0) is 54.9 Å². The first-order valence-electron chi connectivity index (χ1n) is 12.0. The standard InChI is InChI=1S/C26H32N4O4/c31-24(16-27-26(33)34-17-19-7-2-1-3-8-19)28-20-10-6-9-18(15-20)13-14-23-21-11-4-5-12-22(21)25(32)30-29-23/h1-3,6-10,15,21-23,29H,4-5,11-14,16-17H2,(H,27,33)(H,28,31)(H,30,32). The van der Waals surface area contributed by atoms with Gasteiger partial charge >= 0.3 is 6.09 Å². The van der Waals surface area contributed by atoms with Gasteiger partial charge in [0.15, 0.2) is 0 Å². The second-order valence-corrected chi connectivity index (χ2v) is 9.00. The number of carbonyl (C=O) groups excluding carboxylic acids is 3. The average molecular weight is 465 g/mol. The van der Waals surface area contributed by atoms with Gasteiger partial charge in [0, 0.05) is 17.6 Å². The van der Waals surface area contributed by atoms with Crippen molar-refractivity contribution < 1.29 is 19.1 Å². The SMILES string of the molecule is O=C(CNC(=O)OCc1ccccc1)Nc1cccc(CCC2NNC(=O)C3CCCCC23)c1. The van der Waals surface area contributed by atoms with Crippen LogP contribution < -0.4 is 21.5 Å². The number of fused-ring (bicyclic) bond motifs is 1. The Labute approximate surface area is 199 Å². The first kappa shape index (κ1) is 23.8. The van der Waals surface area contributed by atoms with Crippen LogP contribution in [0.5, 0.6) is 0 Å². The number of amides is 3. The summed E-state index contributed by atoms with van der Waals surface area (Å²) in [5.74, 6) is 0.314. The highest BCUT2D eigenvalue weighted by Crippen LogP contribution is 2.35. The number of alkyl carbamates (subject to hydrolysis) is 1. The molecule has 0 radical (unpaired) electrons. The molecule has 8 nitrogen and oxygen atoms in total. The molecule has 1 saturated heterocycles. The zero-order valence-electron chi connectivity index (χ0n) is 19.2. The summed E-state index contributed by atoms with van der Waals surface area (Å²) in [6.07, 6.45) is 5.49. The van der Waals surface area contributed by atoms with Gasteiger partial charge in [-0.2, -0.15) is 0 Å². The lowest BCUT2D eigenvalue weighted by Gasteiger charge is -2.41. The number of anilines is 1. The maximum Gasteiger partial charge on any atom is 0.407 e. The highest BCUT2D eigenvalue weighted by Gasteiger charge is 2.39. The minimum absolute atomic E-state index is 0.123. The second-order valence-electron chi connectivity index (χ2n) is 9.00. The van der Waals surface area contributed by atoms with Crippen LogP contribution in [-0.4, -0.2) is 30.5 Å². The molecule has 4 rings (SSSR count). The van der Waals surface area contributed by atoms with Crippen molar-refractivity contribution in [1.82, 2.24) is 16.2 Å². The molecule has 0 bridgehead atoms. The number of hydrazine groups is 1. The summed E-state index contributed by atoms with van der Waals surface area (Å²) in [6.45, 7) is -0.0237. The minimum Gasteiger partial charge on any atom is -0.445 e. The monoisotopic (exact) mass is 464 g/mol. The number of nitrogens with one attached hydrogen (secondary N) is 4. The Morgan fingerprint density at radius 3 is 2.65 bits per heavy atom. The van der Waals surface area contributed by atoms with E-state index < -0.39 is 6.09 Å². The van der Waals surface area contributed by atoms with Crippen molar-refractivity contribution in [2.24, 2.45) is 11.8 Å². The van der Waals surface area contributed by atoms with E-state index in [1.54, 1.807) is 0 Å².